The molecule has 2 rings (SSSR count). The van der Waals surface area contributed by atoms with Gasteiger partial charge >= 0.3 is 0 Å². The molecule has 0 bridgehead atoms. The highest BCUT2D eigenvalue weighted by atomic mass is 32.1. The van der Waals surface area contributed by atoms with Crippen LogP contribution in [0.1, 0.15) is 45.4 Å². The maximum atomic E-state index is 3.58. The molecule has 2 unspecified atom stereocenters. The third-order valence-electron chi connectivity index (χ3n) is 4.92. The number of hydrogen-bond acceptors (Lipinski definition) is 3. The molecule has 114 valence electrons. The number of thiophene rings is 1. The predicted octanol–water partition coefficient (Wildman–Crippen LogP) is 3.98. The van der Waals surface area contributed by atoms with Crippen LogP contribution in [0.4, 0.5) is 0 Å². The van der Waals surface area contributed by atoms with Crippen LogP contribution in [-0.4, -0.2) is 30.6 Å². The summed E-state index contributed by atoms with van der Waals surface area (Å²) in [5.41, 5.74) is 0.436. The quantitative estimate of drug-likeness (QED) is 0.853. The number of nitrogens with one attached hydrogen (secondary N) is 1. The average Bonchev–Trinajstić information content (AvgIpc) is 2.96. The smallest absolute Gasteiger partial charge is 0.0330 e. The Kier molecular flexibility index (Phi) is 5.27. The molecule has 1 aromatic heterocycles. The highest BCUT2D eigenvalue weighted by Gasteiger charge is 2.41. The van der Waals surface area contributed by atoms with Gasteiger partial charge in [-0.1, -0.05) is 19.9 Å². The normalized spacial score (nSPS) is 25.8. The van der Waals surface area contributed by atoms with Crippen LogP contribution in [0.5, 0.6) is 0 Å². The first-order chi connectivity index (χ1) is 9.44. The lowest BCUT2D eigenvalue weighted by Gasteiger charge is -2.35. The van der Waals surface area contributed by atoms with E-state index in [2.05, 4.69) is 62.5 Å². The van der Waals surface area contributed by atoms with Crippen LogP contribution in [0.15, 0.2) is 17.5 Å². The van der Waals surface area contributed by atoms with Gasteiger partial charge in [-0.15, -0.1) is 11.3 Å². The van der Waals surface area contributed by atoms with Crippen LogP contribution >= 0.6 is 11.3 Å². The molecule has 1 N–H and O–H groups in total. The molecular formula is C17H30N2S. The summed E-state index contributed by atoms with van der Waals surface area (Å²) < 4.78 is 0. The van der Waals surface area contributed by atoms with Crippen LogP contribution in [0, 0.1) is 11.3 Å². The molecule has 1 heterocycles. The van der Waals surface area contributed by atoms with Gasteiger partial charge in [0, 0.05) is 30.1 Å². The summed E-state index contributed by atoms with van der Waals surface area (Å²) in [7, 11) is 2.13. The van der Waals surface area contributed by atoms with Gasteiger partial charge in [0.25, 0.3) is 0 Å². The summed E-state index contributed by atoms with van der Waals surface area (Å²) in [6, 6.07) is 5.67. The van der Waals surface area contributed by atoms with E-state index >= 15 is 0 Å². The van der Waals surface area contributed by atoms with Gasteiger partial charge in [-0.05, 0) is 56.5 Å². The Morgan fingerprint density at radius 2 is 2.20 bits per heavy atom. The Labute approximate surface area is 128 Å². The van der Waals surface area contributed by atoms with Gasteiger partial charge in [-0.2, -0.15) is 0 Å². The fraction of sp³-hybridized carbons (Fsp3) is 0.765. The molecule has 1 aliphatic rings. The topological polar surface area (TPSA) is 15.3 Å². The van der Waals surface area contributed by atoms with Gasteiger partial charge < -0.3 is 5.32 Å². The summed E-state index contributed by atoms with van der Waals surface area (Å²) in [6.07, 6.45) is 2.69. The van der Waals surface area contributed by atoms with Crippen molar-refractivity contribution in [2.45, 2.75) is 59.2 Å². The third kappa shape index (κ3) is 3.63. The number of hydrogen-bond donors (Lipinski definition) is 1. The SMILES string of the molecule is CNC1C(CN(Cc2cccs2)C(C)C)CCC1(C)C. The van der Waals surface area contributed by atoms with E-state index in [9.17, 15) is 0 Å². The molecule has 3 heteroatoms. The molecular weight excluding hydrogens is 264 g/mol. The van der Waals surface area contributed by atoms with E-state index in [4.69, 9.17) is 0 Å². The Hall–Kier alpha value is -0.380. The van der Waals surface area contributed by atoms with Gasteiger partial charge in [0.15, 0.2) is 0 Å². The molecule has 2 nitrogen and oxygen atoms in total. The van der Waals surface area contributed by atoms with Crippen LogP contribution in [0.2, 0.25) is 0 Å². The van der Waals surface area contributed by atoms with Crippen molar-refractivity contribution in [3.63, 3.8) is 0 Å². The van der Waals surface area contributed by atoms with E-state index in [0.717, 1.165) is 12.5 Å². The molecule has 2 atom stereocenters. The molecule has 0 radical (unpaired) electrons. The minimum atomic E-state index is 0.436. The number of nitrogens with zero attached hydrogens (tertiary/aromatic N) is 1. The maximum absolute atomic E-state index is 3.58. The Morgan fingerprint density at radius 1 is 1.45 bits per heavy atom. The maximum Gasteiger partial charge on any atom is 0.0330 e. The molecule has 1 aromatic rings. The summed E-state index contributed by atoms with van der Waals surface area (Å²) in [5.74, 6) is 0.775. The molecule has 1 aliphatic carbocycles. The molecule has 1 fully saturated rings. The van der Waals surface area contributed by atoms with E-state index in [0.29, 0.717) is 17.5 Å². The van der Waals surface area contributed by atoms with Crippen molar-refractivity contribution in [2.24, 2.45) is 11.3 Å². The Bertz CT molecular complexity index is 397. The average molecular weight is 295 g/mol. The summed E-state index contributed by atoms with van der Waals surface area (Å²) in [5, 5.41) is 5.77. The van der Waals surface area contributed by atoms with E-state index in [1.807, 2.05) is 11.3 Å². The summed E-state index contributed by atoms with van der Waals surface area (Å²) >= 11 is 1.88. The number of rotatable bonds is 6. The predicted molar refractivity (Wildman–Crippen MR) is 89.2 cm³/mol. The van der Waals surface area contributed by atoms with Crippen molar-refractivity contribution < 1.29 is 0 Å². The van der Waals surface area contributed by atoms with Crippen molar-refractivity contribution in [3.8, 4) is 0 Å². The molecule has 0 aromatic carbocycles. The standard InChI is InChI=1S/C17H30N2S/c1-13(2)19(12-15-7-6-10-20-15)11-14-8-9-17(3,4)16(14)18-5/h6-7,10,13-14,16,18H,8-9,11-12H2,1-5H3. The lowest BCUT2D eigenvalue weighted by atomic mass is 9.84. The van der Waals surface area contributed by atoms with Gasteiger partial charge in [0.2, 0.25) is 0 Å². The fourth-order valence-electron chi connectivity index (χ4n) is 3.70. The minimum Gasteiger partial charge on any atom is -0.316 e. The first kappa shape index (κ1) is 16.0. The lowest BCUT2D eigenvalue weighted by molar-refractivity contribution is 0.154. The fourth-order valence-corrected chi connectivity index (χ4v) is 4.43. The van der Waals surface area contributed by atoms with Gasteiger partial charge in [0.1, 0.15) is 0 Å². The van der Waals surface area contributed by atoms with Crippen molar-refractivity contribution in [1.82, 2.24) is 10.2 Å². The summed E-state index contributed by atoms with van der Waals surface area (Å²) in [4.78, 5) is 4.12. The van der Waals surface area contributed by atoms with Crippen LogP contribution in [0.25, 0.3) is 0 Å². The zero-order chi connectivity index (χ0) is 14.8. The Morgan fingerprint density at radius 3 is 2.75 bits per heavy atom. The third-order valence-corrected chi connectivity index (χ3v) is 5.78. The first-order valence-electron chi connectivity index (χ1n) is 7.87. The molecule has 0 aliphatic heterocycles. The van der Waals surface area contributed by atoms with E-state index in [1.54, 1.807) is 0 Å². The summed E-state index contributed by atoms with van der Waals surface area (Å²) in [6.45, 7) is 11.8. The molecule has 0 spiro atoms. The zero-order valence-electron chi connectivity index (χ0n) is 13.6. The molecule has 1 saturated carbocycles. The second kappa shape index (κ2) is 6.59. The Balaban J connectivity index is 2.01. The van der Waals surface area contributed by atoms with Crippen LogP contribution in [-0.2, 0) is 6.54 Å². The zero-order valence-corrected chi connectivity index (χ0v) is 14.5. The van der Waals surface area contributed by atoms with Gasteiger partial charge in [-0.3, -0.25) is 4.90 Å². The highest BCUT2D eigenvalue weighted by Crippen LogP contribution is 2.41. The minimum absolute atomic E-state index is 0.436. The van der Waals surface area contributed by atoms with Crippen LogP contribution < -0.4 is 5.32 Å². The lowest BCUT2D eigenvalue weighted by Crippen LogP contribution is -2.45. The second-order valence-corrected chi connectivity index (χ2v) is 8.19. The molecule has 0 saturated heterocycles. The van der Waals surface area contributed by atoms with Crippen molar-refractivity contribution >= 4 is 11.3 Å². The van der Waals surface area contributed by atoms with Gasteiger partial charge in [0.05, 0.1) is 0 Å². The first-order valence-corrected chi connectivity index (χ1v) is 8.75. The molecule has 0 amide bonds. The van der Waals surface area contributed by atoms with Crippen LogP contribution in [0.3, 0.4) is 0 Å². The van der Waals surface area contributed by atoms with Gasteiger partial charge in [-0.25, -0.2) is 0 Å². The monoisotopic (exact) mass is 294 g/mol. The van der Waals surface area contributed by atoms with E-state index in [-0.39, 0.29) is 0 Å². The van der Waals surface area contributed by atoms with E-state index < -0.39 is 0 Å². The van der Waals surface area contributed by atoms with Crippen molar-refractivity contribution in [1.29, 1.82) is 0 Å². The van der Waals surface area contributed by atoms with Crippen molar-refractivity contribution in [3.05, 3.63) is 22.4 Å². The van der Waals surface area contributed by atoms with E-state index in [1.165, 1.54) is 24.3 Å². The second-order valence-electron chi connectivity index (χ2n) is 7.16. The highest BCUT2D eigenvalue weighted by molar-refractivity contribution is 7.09. The molecule has 20 heavy (non-hydrogen) atoms. The van der Waals surface area contributed by atoms with Crippen molar-refractivity contribution in [2.75, 3.05) is 13.6 Å². The largest absolute Gasteiger partial charge is 0.316 e.